The van der Waals surface area contributed by atoms with E-state index in [1.54, 1.807) is 19.2 Å². The number of likely N-dealkylation sites (N-methyl/N-ethyl adjacent to an activating group) is 1. The number of nitrogens with one attached hydrogen (secondary N) is 1. The molecule has 7 heteroatoms. The van der Waals surface area contributed by atoms with Gasteiger partial charge >= 0.3 is 14.2 Å². The number of benzene rings is 1. The maximum Gasteiger partial charge on any atom is 0.747 e. The molecule has 1 aromatic rings. The van der Waals surface area contributed by atoms with Crippen molar-refractivity contribution in [2.45, 2.75) is 12.5 Å². The Hall–Kier alpha value is -1.49. The van der Waals surface area contributed by atoms with Crippen LogP contribution in [0.15, 0.2) is 24.3 Å². The smallest absolute Gasteiger partial charge is 0.480 e. The molecule has 0 bridgehead atoms. The van der Waals surface area contributed by atoms with Crippen LogP contribution in [-0.4, -0.2) is 29.1 Å². The molecule has 0 amide bonds. The first-order valence-corrected chi connectivity index (χ1v) is 5.99. The van der Waals surface area contributed by atoms with Gasteiger partial charge in [0.15, 0.2) is 5.75 Å². The maximum atomic E-state index is 10.8. The van der Waals surface area contributed by atoms with Crippen LogP contribution < -0.4 is 9.84 Å². The Morgan fingerprint density at radius 3 is 2.47 bits per heavy atom. The van der Waals surface area contributed by atoms with E-state index in [0.717, 1.165) is 5.56 Å². The number of carboxylic acids is 1. The van der Waals surface area contributed by atoms with Gasteiger partial charge in [-0.25, -0.2) is 4.52 Å². The van der Waals surface area contributed by atoms with Gasteiger partial charge in [0.05, 0.1) is 0 Å². The van der Waals surface area contributed by atoms with E-state index in [4.69, 9.17) is 10.00 Å². The van der Waals surface area contributed by atoms with Crippen molar-refractivity contribution in [3.63, 3.8) is 0 Å². The molecule has 0 fully saturated rings. The van der Waals surface area contributed by atoms with Crippen molar-refractivity contribution in [1.82, 2.24) is 5.32 Å². The molecule has 0 spiro atoms. The summed E-state index contributed by atoms with van der Waals surface area (Å²) >= 11 is 0. The first-order chi connectivity index (χ1) is 8.02. The highest BCUT2D eigenvalue weighted by molar-refractivity contribution is 7.32. The van der Waals surface area contributed by atoms with E-state index in [1.807, 2.05) is 0 Å². The second kappa shape index (κ2) is 6.30. The van der Waals surface area contributed by atoms with E-state index >= 15 is 0 Å². The zero-order valence-electron chi connectivity index (χ0n) is 9.16. The Kier molecular flexibility index (Phi) is 5.03. The molecule has 2 atom stereocenters. The van der Waals surface area contributed by atoms with Crippen LogP contribution in [0.25, 0.3) is 0 Å². The minimum absolute atomic E-state index is 0.272. The average Bonchev–Trinajstić information content (AvgIpc) is 2.26. The SMILES string of the molecule is CNC(Cc1ccc(O[P+](=O)O)cc1)C(=O)O. The van der Waals surface area contributed by atoms with E-state index in [-0.39, 0.29) is 5.75 Å². The highest BCUT2D eigenvalue weighted by Gasteiger charge is 2.16. The number of carbonyl (C=O) groups is 1. The third-order valence-corrected chi connectivity index (χ3v) is 2.56. The molecule has 1 rings (SSSR count). The topological polar surface area (TPSA) is 95.9 Å². The zero-order valence-corrected chi connectivity index (χ0v) is 10.1. The van der Waals surface area contributed by atoms with Gasteiger partial charge in [-0.15, -0.1) is 4.89 Å². The molecular weight excluding hydrogens is 245 g/mol. The van der Waals surface area contributed by atoms with Gasteiger partial charge in [0, 0.05) is 4.57 Å². The van der Waals surface area contributed by atoms with Gasteiger partial charge in [0.2, 0.25) is 0 Å². The van der Waals surface area contributed by atoms with Gasteiger partial charge in [-0.1, -0.05) is 12.1 Å². The number of aliphatic carboxylic acids is 1. The molecule has 6 nitrogen and oxygen atoms in total. The van der Waals surface area contributed by atoms with E-state index in [2.05, 4.69) is 9.84 Å². The summed E-state index contributed by atoms with van der Waals surface area (Å²) in [5.41, 5.74) is 0.798. The van der Waals surface area contributed by atoms with Crippen molar-refractivity contribution in [2.24, 2.45) is 0 Å². The Balaban J connectivity index is 2.67. The molecule has 92 valence electrons. The molecule has 0 aliphatic rings. The second-order valence-electron chi connectivity index (χ2n) is 3.36. The summed E-state index contributed by atoms with van der Waals surface area (Å²) in [5, 5.41) is 11.5. The zero-order chi connectivity index (χ0) is 12.8. The first-order valence-electron chi connectivity index (χ1n) is 4.86. The Labute approximate surface area is 99.2 Å². The van der Waals surface area contributed by atoms with Crippen molar-refractivity contribution in [3.05, 3.63) is 29.8 Å². The molecule has 0 saturated carbocycles. The largest absolute Gasteiger partial charge is 0.747 e. The van der Waals surface area contributed by atoms with Crippen molar-refractivity contribution in [2.75, 3.05) is 7.05 Å². The first kappa shape index (κ1) is 13.6. The van der Waals surface area contributed by atoms with E-state index in [9.17, 15) is 9.36 Å². The minimum atomic E-state index is -2.67. The number of rotatable bonds is 6. The van der Waals surface area contributed by atoms with Crippen molar-refractivity contribution in [3.8, 4) is 5.75 Å². The molecule has 0 aliphatic heterocycles. The summed E-state index contributed by atoms with van der Waals surface area (Å²) in [7, 11) is -1.10. The van der Waals surface area contributed by atoms with Gasteiger partial charge in [0.1, 0.15) is 6.04 Å². The van der Waals surface area contributed by atoms with Crippen molar-refractivity contribution in [1.29, 1.82) is 0 Å². The van der Waals surface area contributed by atoms with Gasteiger partial charge in [-0.3, -0.25) is 4.79 Å². The van der Waals surface area contributed by atoms with Crippen LogP contribution >= 0.6 is 8.25 Å². The third kappa shape index (κ3) is 4.48. The van der Waals surface area contributed by atoms with Gasteiger partial charge < -0.3 is 10.4 Å². The van der Waals surface area contributed by atoms with Gasteiger partial charge in [-0.05, 0) is 31.2 Å². The maximum absolute atomic E-state index is 10.8. The van der Waals surface area contributed by atoms with E-state index < -0.39 is 20.3 Å². The molecule has 1 aromatic carbocycles. The van der Waals surface area contributed by atoms with Crippen LogP contribution in [0.5, 0.6) is 5.75 Å². The summed E-state index contributed by atoms with van der Waals surface area (Å²) in [5.74, 6) is -0.653. The predicted octanol–water partition coefficient (Wildman–Crippen LogP) is 0.930. The fourth-order valence-corrected chi connectivity index (χ4v) is 1.63. The summed E-state index contributed by atoms with van der Waals surface area (Å²) in [6.07, 6.45) is 0.331. The predicted molar refractivity (Wildman–Crippen MR) is 61.1 cm³/mol. The van der Waals surface area contributed by atoms with Crippen LogP contribution in [0.2, 0.25) is 0 Å². The minimum Gasteiger partial charge on any atom is -0.480 e. The average molecular weight is 258 g/mol. The van der Waals surface area contributed by atoms with Crippen molar-refractivity contribution >= 4 is 14.2 Å². The highest BCUT2D eigenvalue weighted by atomic mass is 31.1. The normalized spacial score (nSPS) is 12.9. The lowest BCUT2D eigenvalue weighted by atomic mass is 10.1. The second-order valence-corrected chi connectivity index (χ2v) is 4.01. The standard InChI is InChI=1S/C10H12NO5P/c1-11-9(10(12)13)6-7-2-4-8(5-3-7)16-17(14)15/h2-5,9,11H,6H2,1H3,(H-,12,13,14,15)/p+1. The molecule has 17 heavy (non-hydrogen) atoms. The van der Waals surface area contributed by atoms with Gasteiger partial charge in [-0.2, -0.15) is 0 Å². The number of hydrogen-bond acceptors (Lipinski definition) is 4. The highest BCUT2D eigenvalue weighted by Crippen LogP contribution is 2.23. The number of hydrogen-bond donors (Lipinski definition) is 3. The molecule has 0 aliphatic carbocycles. The molecule has 0 radical (unpaired) electrons. The fraction of sp³-hybridized carbons (Fsp3) is 0.300. The Morgan fingerprint density at radius 2 is 2.06 bits per heavy atom. The lowest BCUT2D eigenvalue weighted by Gasteiger charge is -2.10. The van der Waals surface area contributed by atoms with E-state index in [0.29, 0.717) is 6.42 Å². The van der Waals surface area contributed by atoms with Gasteiger partial charge in [0.25, 0.3) is 0 Å². The Morgan fingerprint density at radius 1 is 1.47 bits per heavy atom. The lowest BCUT2D eigenvalue weighted by molar-refractivity contribution is -0.139. The van der Waals surface area contributed by atoms with Crippen LogP contribution in [0, 0.1) is 0 Å². The molecule has 3 N–H and O–H groups in total. The Bertz CT molecular complexity index is 406. The van der Waals surface area contributed by atoms with E-state index in [1.165, 1.54) is 12.1 Å². The van der Waals surface area contributed by atoms with Crippen LogP contribution in [0.3, 0.4) is 0 Å². The van der Waals surface area contributed by atoms with Crippen molar-refractivity contribution < 1.29 is 23.9 Å². The summed E-state index contributed by atoms with van der Waals surface area (Å²) in [6, 6.07) is 5.69. The molecule has 2 unspecified atom stereocenters. The number of carboxylic acid groups (broad SMARTS) is 1. The van der Waals surface area contributed by atoms with Crippen LogP contribution in [0.4, 0.5) is 0 Å². The summed E-state index contributed by atoms with van der Waals surface area (Å²) < 4.78 is 15.0. The molecule has 0 heterocycles. The third-order valence-electron chi connectivity index (χ3n) is 2.19. The quantitative estimate of drug-likeness (QED) is 0.657. The lowest BCUT2D eigenvalue weighted by Crippen LogP contribution is -2.35. The molecular formula is C10H13NO5P+. The molecule has 0 saturated heterocycles. The monoisotopic (exact) mass is 258 g/mol. The van der Waals surface area contributed by atoms with Crippen LogP contribution in [0.1, 0.15) is 5.56 Å². The summed E-state index contributed by atoms with van der Waals surface area (Å²) in [6.45, 7) is 0. The fourth-order valence-electron chi connectivity index (χ4n) is 1.33. The summed E-state index contributed by atoms with van der Waals surface area (Å²) in [4.78, 5) is 19.3. The molecule has 0 aromatic heterocycles. The van der Waals surface area contributed by atoms with Crippen LogP contribution in [-0.2, 0) is 15.8 Å².